The number of rotatable bonds is 9. The lowest BCUT2D eigenvalue weighted by atomic mass is 9.74. The van der Waals surface area contributed by atoms with Crippen molar-refractivity contribution < 1.29 is 23.9 Å². The number of nitrogens with one attached hydrogen (secondary N) is 1. The molecule has 29 heavy (non-hydrogen) atoms. The molecular formula is C23H27NO5. The predicted octanol–water partition coefficient (Wildman–Crippen LogP) is 3.68. The van der Waals surface area contributed by atoms with Gasteiger partial charge in [-0.1, -0.05) is 55.5 Å². The van der Waals surface area contributed by atoms with E-state index in [-0.39, 0.29) is 19.6 Å². The SMILES string of the molecule is CCOC(=O)C(CC)(C(=O)OCC)C(NC(=O)c1ccccc1)c1ccccc1. The second-order valence-electron chi connectivity index (χ2n) is 6.45. The van der Waals surface area contributed by atoms with E-state index in [0.29, 0.717) is 11.1 Å². The van der Waals surface area contributed by atoms with Gasteiger partial charge in [0.1, 0.15) is 0 Å². The van der Waals surface area contributed by atoms with Gasteiger partial charge in [-0.25, -0.2) is 0 Å². The van der Waals surface area contributed by atoms with Crippen LogP contribution in [0, 0.1) is 5.41 Å². The fraction of sp³-hybridized carbons (Fsp3) is 0.348. The van der Waals surface area contributed by atoms with E-state index in [1.54, 1.807) is 75.4 Å². The van der Waals surface area contributed by atoms with E-state index in [0.717, 1.165) is 0 Å². The third-order valence-corrected chi connectivity index (χ3v) is 4.77. The number of ether oxygens (including phenoxy) is 2. The minimum Gasteiger partial charge on any atom is -0.465 e. The van der Waals surface area contributed by atoms with Crippen molar-refractivity contribution in [3.63, 3.8) is 0 Å². The molecule has 0 saturated carbocycles. The summed E-state index contributed by atoms with van der Waals surface area (Å²) in [6.45, 7) is 5.26. The zero-order valence-corrected chi connectivity index (χ0v) is 17.0. The van der Waals surface area contributed by atoms with Gasteiger partial charge in [-0.05, 0) is 38.0 Å². The highest BCUT2D eigenvalue weighted by Gasteiger charge is 2.55. The van der Waals surface area contributed by atoms with Crippen LogP contribution in [0.15, 0.2) is 60.7 Å². The maximum Gasteiger partial charge on any atom is 0.325 e. The van der Waals surface area contributed by atoms with E-state index in [4.69, 9.17) is 9.47 Å². The summed E-state index contributed by atoms with van der Waals surface area (Å²) in [5, 5.41) is 2.88. The molecule has 6 heteroatoms. The van der Waals surface area contributed by atoms with E-state index in [1.165, 1.54) is 0 Å². The lowest BCUT2D eigenvalue weighted by Crippen LogP contribution is -2.52. The van der Waals surface area contributed by atoms with Crippen molar-refractivity contribution in [1.82, 2.24) is 5.32 Å². The van der Waals surface area contributed by atoms with Gasteiger partial charge in [-0.3, -0.25) is 14.4 Å². The average molecular weight is 397 g/mol. The molecule has 0 spiro atoms. The Kier molecular flexibility index (Phi) is 7.95. The minimum absolute atomic E-state index is 0.0965. The van der Waals surface area contributed by atoms with Gasteiger partial charge in [0.2, 0.25) is 0 Å². The molecule has 154 valence electrons. The number of amides is 1. The normalized spacial score (nSPS) is 12.0. The first-order chi connectivity index (χ1) is 14.0. The fourth-order valence-corrected chi connectivity index (χ4v) is 3.27. The van der Waals surface area contributed by atoms with Crippen LogP contribution in [-0.2, 0) is 19.1 Å². The molecule has 2 rings (SSSR count). The Morgan fingerprint density at radius 3 is 1.76 bits per heavy atom. The molecule has 1 N–H and O–H groups in total. The molecule has 2 aromatic rings. The predicted molar refractivity (Wildman–Crippen MR) is 109 cm³/mol. The lowest BCUT2D eigenvalue weighted by molar-refractivity contribution is -0.175. The summed E-state index contributed by atoms with van der Waals surface area (Å²) in [5.74, 6) is -1.84. The number of hydrogen-bond acceptors (Lipinski definition) is 5. The van der Waals surface area contributed by atoms with Crippen LogP contribution in [-0.4, -0.2) is 31.1 Å². The highest BCUT2D eigenvalue weighted by Crippen LogP contribution is 2.40. The zero-order chi connectivity index (χ0) is 21.3. The number of carbonyl (C=O) groups is 3. The van der Waals surface area contributed by atoms with Crippen LogP contribution >= 0.6 is 0 Å². The summed E-state index contributed by atoms with van der Waals surface area (Å²) in [6.07, 6.45) is 0.0965. The first-order valence-electron chi connectivity index (χ1n) is 9.76. The Morgan fingerprint density at radius 1 is 0.828 bits per heavy atom. The van der Waals surface area contributed by atoms with E-state index in [1.807, 2.05) is 6.07 Å². The summed E-state index contributed by atoms with van der Waals surface area (Å²) in [5.41, 5.74) is -0.677. The van der Waals surface area contributed by atoms with Crippen LogP contribution in [0.25, 0.3) is 0 Å². The summed E-state index contributed by atoms with van der Waals surface area (Å²) in [6, 6.07) is 16.6. The van der Waals surface area contributed by atoms with Crippen molar-refractivity contribution in [1.29, 1.82) is 0 Å². The Balaban J connectivity index is 2.59. The molecule has 0 aliphatic heterocycles. The van der Waals surface area contributed by atoms with Crippen molar-refractivity contribution in [2.24, 2.45) is 5.41 Å². The van der Waals surface area contributed by atoms with Gasteiger partial charge in [-0.2, -0.15) is 0 Å². The van der Waals surface area contributed by atoms with Crippen molar-refractivity contribution >= 4 is 17.8 Å². The van der Waals surface area contributed by atoms with Crippen molar-refractivity contribution in [2.45, 2.75) is 33.2 Å². The number of carbonyl (C=O) groups excluding carboxylic acids is 3. The first-order valence-corrected chi connectivity index (χ1v) is 9.76. The van der Waals surface area contributed by atoms with Gasteiger partial charge in [-0.15, -0.1) is 0 Å². The lowest BCUT2D eigenvalue weighted by Gasteiger charge is -2.36. The van der Waals surface area contributed by atoms with Crippen molar-refractivity contribution in [3.05, 3.63) is 71.8 Å². The third-order valence-electron chi connectivity index (χ3n) is 4.77. The van der Waals surface area contributed by atoms with E-state index in [9.17, 15) is 14.4 Å². The molecule has 1 atom stereocenters. The summed E-state index contributed by atoms with van der Waals surface area (Å²) in [4.78, 5) is 39.1. The average Bonchev–Trinajstić information content (AvgIpc) is 2.75. The van der Waals surface area contributed by atoms with Crippen LogP contribution in [0.3, 0.4) is 0 Å². The Labute approximate surface area is 171 Å². The maximum atomic E-state index is 13.1. The number of benzene rings is 2. The van der Waals surface area contributed by atoms with Crippen molar-refractivity contribution in [3.8, 4) is 0 Å². The monoisotopic (exact) mass is 397 g/mol. The second-order valence-corrected chi connectivity index (χ2v) is 6.45. The van der Waals surface area contributed by atoms with Gasteiger partial charge in [0.15, 0.2) is 5.41 Å². The fourth-order valence-electron chi connectivity index (χ4n) is 3.27. The smallest absolute Gasteiger partial charge is 0.325 e. The van der Waals surface area contributed by atoms with Gasteiger partial charge in [0, 0.05) is 5.56 Å². The summed E-state index contributed by atoms with van der Waals surface area (Å²) >= 11 is 0. The van der Waals surface area contributed by atoms with Crippen LogP contribution in [0.5, 0.6) is 0 Å². The molecule has 0 aliphatic rings. The molecule has 0 fully saturated rings. The van der Waals surface area contributed by atoms with E-state index in [2.05, 4.69) is 5.32 Å². The van der Waals surface area contributed by atoms with Gasteiger partial charge < -0.3 is 14.8 Å². The van der Waals surface area contributed by atoms with Gasteiger partial charge in [0.25, 0.3) is 5.91 Å². The van der Waals surface area contributed by atoms with Crippen LogP contribution in [0.4, 0.5) is 0 Å². The highest BCUT2D eigenvalue weighted by atomic mass is 16.6. The molecule has 1 amide bonds. The molecule has 0 aromatic heterocycles. The molecule has 6 nitrogen and oxygen atoms in total. The topological polar surface area (TPSA) is 81.7 Å². The Bertz CT molecular complexity index is 802. The summed E-state index contributed by atoms with van der Waals surface area (Å²) in [7, 11) is 0. The molecule has 1 unspecified atom stereocenters. The number of hydrogen-bond donors (Lipinski definition) is 1. The highest BCUT2D eigenvalue weighted by molar-refractivity contribution is 6.02. The van der Waals surface area contributed by atoms with Crippen LogP contribution in [0.1, 0.15) is 49.2 Å². The molecular weight excluding hydrogens is 370 g/mol. The molecule has 0 heterocycles. The van der Waals surface area contributed by atoms with E-state index < -0.39 is 29.3 Å². The zero-order valence-electron chi connectivity index (χ0n) is 17.0. The maximum absolute atomic E-state index is 13.1. The quantitative estimate of drug-likeness (QED) is 0.516. The van der Waals surface area contributed by atoms with E-state index >= 15 is 0 Å². The van der Waals surface area contributed by atoms with Crippen molar-refractivity contribution in [2.75, 3.05) is 13.2 Å². The second kappa shape index (κ2) is 10.4. The summed E-state index contributed by atoms with van der Waals surface area (Å²) < 4.78 is 10.5. The minimum atomic E-state index is -1.71. The standard InChI is InChI=1S/C23H27NO5/c1-4-23(21(26)28-5-2,22(27)29-6-3)19(17-13-9-7-10-14-17)24-20(25)18-15-11-8-12-16-18/h7-16,19H,4-6H2,1-3H3,(H,24,25). The first kappa shape index (κ1) is 22.1. The van der Waals surface area contributed by atoms with Crippen LogP contribution < -0.4 is 5.32 Å². The van der Waals surface area contributed by atoms with Crippen LogP contribution in [0.2, 0.25) is 0 Å². The Hall–Kier alpha value is -3.15. The van der Waals surface area contributed by atoms with Gasteiger partial charge in [0.05, 0.1) is 19.3 Å². The van der Waals surface area contributed by atoms with Gasteiger partial charge >= 0.3 is 11.9 Å². The molecule has 0 radical (unpaired) electrons. The largest absolute Gasteiger partial charge is 0.465 e. The third kappa shape index (κ3) is 4.83. The Morgan fingerprint density at radius 2 is 1.31 bits per heavy atom. The molecule has 0 bridgehead atoms. The molecule has 0 saturated heterocycles. The molecule has 0 aliphatic carbocycles. The molecule has 2 aromatic carbocycles. The number of esters is 2.